The second kappa shape index (κ2) is 5.85. The fourth-order valence-electron chi connectivity index (χ4n) is 1.98. The minimum Gasteiger partial charge on any atom is -0.465 e. The number of carbonyl (C=O) groups excluding carboxylic acids is 1. The van der Waals surface area contributed by atoms with Crippen LogP contribution < -0.4 is 0 Å². The van der Waals surface area contributed by atoms with Gasteiger partial charge in [0.05, 0.1) is 6.61 Å². The number of benzene rings is 1. The Morgan fingerprint density at radius 3 is 2.71 bits per heavy atom. The van der Waals surface area contributed by atoms with E-state index in [1.807, 2.05) is 18.2 Å². The van der Waals surface area contributed by atoms with Crippen LogP contribution in [0.25, 0.3) is 0 Å². The Morgan fingerprint density at radius 1 is 1.35 bits per heavy atom. The predicted octanol–water partition coefficient (Wildman–Crippen LogP) is 3.21. The van der Waals surface area contributed by atoms with E-state index in [9.17, 15) is 4.79 Å². The van der Waals surface area contributed by atoms with Crippen LogP contribution in [-0.4, -0.2) is 12.6 Å². The molecule has 1 aliphatic carbocycles. The number of hydrogen-bond donors (Lipinski definition) is 0. The summed E-state index contributed by atoms with van der Waals surface area (Å²) in [5.74, 6) is 1.35. The van der Waals surface area contributed by atoms with Crippen LogP contribution in [0.5, 0.6) is 0 Å². The minimum absolute atomic E-state index is 0.0416. The summed E-state index contributed by atoms with van der Waals surface area (Å²) in [4.78, 5) is 11.4. The van der Waals surface area contributed by atoms with Crippen molar-refractivity contribution in [1.29, 1.82) is 0 Å². The molecule has 0 aliphatic heterocycles. The summed E-state index contributed by atoms with van der Waals surface area (Å²) >= 11 is 0. The second-order valence-electron chi connectivity index (χ2n) is 5.00. The SMILES string of the molecule is CC1CC1COC(=O)CCCc1ccccc1. The maximum absolute atomic E-state index is 11.4. The van der Waals surface area contributed by atoms with Gasteiger partial charge in [-0.15, -0.1) is 0 Å². The van der Waals surface area contributed by atoms with E-state index in [1.165, 1.54) is 12.0 Å². The first-order valence-corrected chi connectivity index (χ1v) is 6.45. The first kappa shape index (κ1) is 12.2. The number of ether oxygens (including phenoxy) is 1. The largest absolute Gasteiger partial charge is 0.465 e. The van der Waals surface area contributed by atoms with Crippen LogP contribution in [0.15, 0.2) is 30.3 Å². The van der Waals surface area contributed by atoms with Gasteiger partial charge in [-0.2, -0.15) is 0 Å². The number of rotatable bonds is 6. The molecule has 2 heteroatoms. The number of aryl methyl sites for hydroxylation is 1. The van der Waals surface area contributed by atoms with E-state index in [0.29, 0.717) is 18.9 Å². The normalized spacial score (nSPS) is 22.2. The van der Waals surface area contributed by atoms with Crippen molar-refractivity contribution in [2.24, 2.45) is 11.8 Å². The molecule has 1 saturated carbocycles. The molecular formula is C15H20O2. The topological polar surface area (TPSA) is 26.3 Å². The van der Waals surface area contributed by atoms with Gasteiger partial charge in [0.25, 0.3) is 0 Å². The van der Waals surface area contributed by atoms with Crippen molar-refractivity contribution in [3.05, 3.63) is 35.9 Å². The van der Waals surface area contributed by atoms with Gasteiger partial charge in [0.15, 0.2) is 0 Å². The summed E-state index contributed by atoms with van der Waals surface area (Å²) in [6.45, 7) is 2.83. The van der Waals surface area contributed by atoms with Crippen LogP contribution in [0.3, 0.4) is 0 Å². The van der Waals surface area contributed by atoms with Crippen LogP contribution in [0.2, 0.25) is 0 Å². The lowest BCUT2D eigenvalue weighted by Gasteiger charge is -2.04. The molecule has 0 spiro atoms. The third kappa shape index (κ3) is 4.22. The standard InChI is InChI=1S/C15H20O2/c1-12-10-14(12)11-17-15(16)9-5-8-13-6-3-2-4-7-13/h2-4,6-7,12,14H,5,8-11H2,1H3. The molecule has 2 nitrogen and oxygen atoms in total. The fourth-order valence-corrected chi connectivity index (χ4v) is 1.98. The van der Waals surface area contributed by atoms with E-state index in [-0.39, 0.29) is 5.97 Å². The highest BCUT2D eigenvalue weighted by Gasteiger charge is 2.33. The van der Waals surface area contributed by atoms with Crippen molar-refractivity contribution >= 4 is 5.97 Å². The molecule has 0 radical (unpaired) electrons. The maximum Gasteiger partial charge on any atom is 0.305 e. The van der Waals surface area contributed by atoms with Crippen LogP contribution in [0, 0.1) is 11.8 Å². The molecule has 0 heterocycles. The smallest absolute Gasteiger partial charge is 0.305 e. The molecule has 2 rings (SSSR count). The highest BCUT2D eigenvalue weighted by atomic mass is 16.5. The Hall–Kier alpha value is -1.31. The number of carbonyl (C=O) groups is 1. The van der Waals surface area contributed by atoms with Gasteiger partial charge in [0.1, 0.15) is 0 Å². The van der Waals surface area contributed by atoms with Crippen molar-refractivity contribution in [2.75, 3.05) is 6.61 Å². The van der Waals surface area contributed by atoms with Gasteiger partial charge in [0.2, 0.25) is 0 Å². The lowest BCUT2D eigenvalue weighted by molar-refractivity contribution is -0.144. The Morgan fingerprint density at radius 2 is 2.06 bits per heavy atom. The Balaban J connectivity index is 1.57. The minimum atomic E-state index is -0.0416. The Bertz CT molecular complexity index is 358. The summed E-state index contributed by atoms with van der Waals surface area (Å²) in [5.41, 5.74) is 1.29. The molecule has 2 atom stereocenters. The third-order valence-corrected chi connectivity index (χ3v) is 3.42. The van der Waals surface area contributed by atoms with Crippen molar-refractivity contribution in [3.63, 3.8) is 0 Å². The monoisotopic (exact) mass is 232 g/mol. The quantitative estimate of drug-likeness (QED) is 0.704. The molecule has 17 heavy (non-hydrogen) atoms. The third-order valence-electron chi connectivity index (χ3n) is 3.42. The van der Waals surface area contributed by atoms with Crippen LogP contribution in [-0.2, 0) is 16.0 Å². The lowest BCUT2D eigenvalue weighted by Crippen LogP contribution is -2.07. The van der Waals surface area contributed by atoms with Gasteiger partial charge in [-0.1, -0.05) is 37.3 Å². The van der Waals surface area contributed by atoms with Gasteiger partial charge < -0.3 is 4.74 Å². The van der Waals surface area contributed by atoms with Crippen molar-refractivity contribution in [2.45, 2.75) is 32.6 Å². The lowest BCUT2D eigenvalue weighted by atomic mass is 10.1. The summed E-state index contributed by atoms with van der Waals surface area (Å²) in [5, 5.41) is 0. The zero-order valence-electron chi connectivity index (χ0n) is 10.4. The van der Waals surface area contributed by atoms with Crippen LogP contribution in [0.4, 0.5) is 0 Å². The van der Waals surface area contributed by atoms with Crippen LogP contribution in [0.1, 0.15) is 31.7 Å². The van der Waals surface area contributed by atoms with Crippen molar-refractivity contribution in [3.8, 4) is 0 Å². The van der Waals surface area contributed by atoms with Gasteiger partial charge in [-0.3, -0.25) is 4.79 Å². The molecule has 2 unspecified atom stereocenters. The van der Waals surface area contributed by atoms with E-state index >= 15 is 0 Å². The highest BCUT2D eigenvalue weighted by molar-refractivity contribution is 5.69. The average Bonchev–Trinajstić information content (AvgIpc) is 3.04. The maximum atomic E-state index is 11.4. The summed E-state index contributed by atoms with van der Waals surface area (Å²) in [6, 6.07) is 10.3. The van der Waals surface area contributed by atoms with Gasteiger partial charge >= 0.3 is 5.97 Å². The summed E-state index contributed by atoms with van der Waals surface area (Å²) < 4.78 is 5.24. The zero-order chi connectivity index (χ0) is 12.1. The van der Waals surface area contributed by atoms with Gasteiger partial charge in [-0.05, 0) is 36.7 Å². The molecule has 1 aromatic rings. The van der Waals surface area contributed by atoms with E-state index < -0.39 is 0 Å². The van der Waals surface area contributed by atoms with Gasteiger partial charge in [-0.25, -0.2) is 0 Å². The van der Waals surface area contributed by atoms with E-state index in [1.54, 1.807) is 0 Å². The molecule has 1 aromatic carbocycles. The molecule has 92 valence electrons. The summed E-state index contributed by atoms with van der Waals surface area (Å²) in [7, 11) is 0. The molecule has 1 fully saturated rings. The first-order chi connectivity index (χ1) is 8.25. The molecule has 0 N–H and O–H groups in total. The fraction of sp³-hybridized carbons (Fsp3) is 0.533. The Kier molecular flexibility index (Phi) is 4.18. The number of esters is 1. The molecule has 0 saturated heterocycles. The van der Waals surface area contributed by atoms with Crippen molar-refractivity contribution < 1.29 is 9.53 Å². The Labute approximate surface area is 103 Å². The molecule has 1 aliphatic rings. The molecule has 0 bridgehead atoms. The van der Waals surface area contributed by atoms with E-state index in [2.05, 4.69) is 19.1 Å². The zero-order valence-corrected chi connectivity index (χ0v) is 10.4. The summed E-state index contributed by atoms with van der Waals surface area (Å²) in [6.07, 6.45) is 3.59. The number of hydrogen-bond acceptors (Lipinski definition) is 2. The predicted molar refractivity (Wildman–Crippen MR) is 67.6 cm³/mol. The van der Waals surface area contributed by atoms with Crippen molar-refractivity contribution in [1.82, 2.24) is 0 Å². The molecular weight excluding hydrogens is 212 g/mol. The van der Waals surface area contributed by atoms with E-state index in [4.69, 9.17) is 4.74 Å². The first-order valence-electron chi connectivity index (χ1n) is 6.45. The highest BCUT2D eigenvalue weighted by Crippen LogP contribution is 2.37. The second-order valence-corrected chi connectivity index (χ2v) is 5.00. The van der Waals surface area contributed by atoms with Gasteiger partial charge in [0, 0.05) is 6.42 Å². The molecule has 0 aromatic heterocycles. The molecule has 0 amide bonds. The van der Waals surface area contributed by atoms with E-state index in [0.717, 1.165) is 18.8 Å². The van der Waals surface area contributed by atoms with Crippen LogP contribution >= 0.6 is 0 Å². The average molecular weight is 232 g/mol.